The Bertz CT molecular complexity index is 364. The van der Waals surface area contributed by atoms with Gasteiger partial charge in [0.15, 0.2) is 0 Å². The van der Waals surface area contributed by atoms with Crippen LogP contribution in [-0.4, -0.2) is 54.7 Å². The Balaban J connectivity index is 1.84. The van der Waals surface area contributed by atoms with Crippen LogP contribution in [0.25, 0.3) is 0 Å². The summed E-state index contributed by atoms with van der Waals surface area (Å²) in [6, 6.07) is 7.93. The summed E-state index contributed by atoms with van der Waals surface area (Å²) in [4.78, 5) is 4.58. The molecule has 0 spiro atoms. The van der Waals surface area contributed by atoms with Crippen molar-refractivity contribution in [3.8, 4) is 0 Å². The molecule has 1 aliphatic rings. The number of anilines is 1. The van der Waals surface area contributed by atoms with E-state index in [9.17, 15) is 5.11 Å². The van der Waals surface area contributed by atoms with Gasteiger partial charge in [-0.15, -0.1) is 11.6 Å². The molecule has 18 heavy (non-hydrogen) atoms. The molecule has 1 aromatic rings. The number of nitrogens with zero attached hydrogens (tertiary/aromatic N) is 2. The van der Waals surface area contributed by atoms with Crippen LogP contribution in [0.1, 0.15) is 0 Å². The van der Waals surface area contributed by atoms with Crippen molar-refractivity contribution in [1.29, 1.82) is 0 Å². The number of rotatable bonds is 4. The van der Waals surface area contributed by atoms with Gasteiger partial charge in [0.05, 0.1) is 6.10 Å². The monoisotopic (exact) mass is 288 g/mol. The van der Waals surface area contributed by atoms with E-state index < -0.39 is 6.10 Å². The Labute approximate surface area is 118 Å². The molecule has 0 saturated carbocycles. The standard InChI is InChI=1S/C13H18Cl2N2O/c14-9-13(18)10-16-5-7-17(8-6-16)12-3-1-11(15)2-4-12/h1-4,13,18H,5-10H2. The van der Waals surface area contributed by atoms with E-state index >= 15 is 0 Å². The average Bonchev–Trinajstić information content (AvgIpc) is 2.40. The SMILES string of the molecule is OC(CCl)CN1CCN(c2ccc(Cl)cc2)CC1. The van der Waals surface area contributed by atoms with Gasteiger partial charge < -0.3 is 10.0 Å². The summed E-state index contributed by atoms with van der Waals surface area (Å²) in [5, 5.41) is 10.3. The van der Waals surface area contributed by atoms with Gasteiger partial charge in [0.25, 0.3) is 0 Å². The van der Waals surface area contributed by atoms with Crippen LogP contribution in [-0.2, 0) is 0 Å². The molecule has 0 aliphatic carbocycles. The third-order valence-electron chi connectivity index (χ3n) is 3.21. The molecule has 1 aromatic carbocycles. The number of halogens is 2. The zero-order chi connectivity index (χ0) is 13.0. The first-order valence-electron chi connectivity index (χ1n) is 6.16. The fraction of sp³-hybridized carbons (Fsp3) is 0.538. The Morgan fingerprint density at radius 3 is 2.28 bits per heavy atom. The summed E-state index contributed by atoms with van der Waals surface area (Å²) in [6.07, 6.45) is -0.422. The Hall–Kier alpha value is -0.480. The molecule has 1 atom stereocenters. The van der Waals surface area contributed by atoms with E-state index in [-0.39, 0.29) is 0 Å². The van der Waals surface area contributed by atoms with Crippen LogP contribution < -0.4 is 4.90 Å². The normalized spacial score (nSPS) is 18.9. The zero-order valence-electron chi connectivity index (χ0n) is 10.2. The number of hydrogen-bond acceptors (Lipinski definition) is 3. The van der Waals surface area contributed by atoms with Crippen molar-refractivity contribution >= 4 is 28.9 Å². The lowest BCUT2D eigenvalue weighted by Gasteiger charge is -2.36. The lowest BCUT2D eigenvalue weighted by molar-refractivity contribution is 0.125. The molecule has 3 nitrogen and oxygen atoms in total. The average molecular weight is 289 g/mol. The largest absolute Gasteiger partial charge is 0.391 e. The Morgan fingerprint density at radius 2 is 1.72 bits per heavy atom. The highest BCUT2D eigenvalue weighted by molar-refractivity contribution is 6.30. The number of alkyl halides is 1. The third kappa shape index (κ3) is 3.75. The fourth-order valence-corrected chi connectivity index (χ4v) is 2.41. The molecule has 1 unspecified atom stereocenters. The molecule has 1 N–H and O–H groups in total. The van der Waals surface area contributed by atoms with Gasteiger partial charge in [0.1, 0.15) is 0 Å². The van der Waals surface area contributed by atoms with E-state index in [0.29, 0.717) is 12.4 Å². The summed E-state index contributed by atoms with van der Waals surface area (Å²) >= 11 is 11.5. The fourth-order valence-electron chi connectivity index (χ4n) is 2.19. The molecule has 1 fully saturated rings. The van der Waals surface area contributed by atoms with Gasteiger partial charge in [-0.25, -0.2) is 0 Å². The minimum atomic E-state index is -0.422. The molecule has 1 saturated heterocycles. The van der Waals surface area contributed by atoms with Crippen LogP contribution in [0.3, 0.4) is 0 Å². The van der Waals surface area contributed by atoms with Crippen molar-refractivity contribution in [2.24, 2.45) is 0 Å². The number of hydrogen-bond donors (Lipinski definition) is 1. The molecule has 100 valence electrons. The summed E-state index contributed by atoms with van der Waals surface area (Å²) < 4.78 is 0. The molecule has 0 amide bonds. The van der Waals surface area contributed by atoms with E-state index in [1.807, 2.05) is 24.3 Å². The van der Waals surface area contributed by atoms with Gasteiger partial charge in [-0.2, -0.15) is 0 Å². The first-order chi connectivity index (χ1) is 8.69. The summed E-state index contributed by atoms with van der Waals surface area (Å²) in [5.41, 5.74) is 1.21. The molecule has 2 rings (SSSR count). The minimum Gasteiger partial charge on any atom is -0.391 e. The van der Waals surface area contributed by atoms with Crippen molar-refractivity contribution in [2.75, 3.05) is 43.5 Å². The maximum absolute atomic E-state index is 9.52. The predicted octanol–water partition coefficient (Wildman–Crippen LogP) is 2.06. The van der Waals surface area contributed by atoms with Crippen LogP contribution in [0, 0.1) is 0 Å². The third-order valence-corrected chi connectivity index (χ3v) is 3.82. The molecule has 1 heterocycles. The van der Waals surface area contributed by atoms with Crippen LogP contribution in [0.5, 0.6) is 0 Å². The zero-order valence-corrected chi connectivity index (χ0v) is 11.7. The van der Waals surface area contributed by atoms with Crippen molar-refractivity contribution in [3.63, 3.8) is 0 Å². The summed E-state index contributed by atoms with van der Waals surface area (Å²) in [5.74, 6) is 0.303. The molecular weight excluding hydrogens is 271 g/mol. The molecule has 0 aromatic heterocycles. The van der Waals surface area contributed by atoms with Gasteiger partial charge in [-0.1, -0.05) is 11.6 Å². The first kappa shape index (κ1) is 13.9. The molecule has 5 heteroatoms. The van der Waals surface area contributed by atoms with Crippen LogP contribution in [0.2, 0.25) is 5.02 Å². The van der Waals surface area contributed by atoms with E-state index in [1.165, 1.54) is 5.69 Å². The number of benzene rings is 1. The van der Waals surface area contributed by atoms with E-state index in [2.05, 4.69) is 9.80 Å². The quantitative estimate of drug-likeness (QED) is 0.860. The Morgan fingerprint density at radius 1 is 1.11 bits per heavy atom. The highest BCUT2D eigenvalue weighted by atomic mass is 35.5. The van der Waals surface area contributed by atoms with Crippen molar-refractivity contribution in [1.82, 2.24) is 4.90 Å². The van der Waals surface area contributed by atoms with Gasteiger partial charge in [-0.05, 0) is 24.3 Å². The van der Waals surface area contributed by atoms with Crippen molar-refractivity contribution in [2.45, 2.75) is 6.10 Å². The lowest BCUT2D eigenvalue weighted by atomic mass is 10.2. The van der Waals surface area contributed by atoms with Crippen LogP contribution >= 0.6 is 23.2 Å². The number of aliphatic hydroxyl groups is 1. The van der Waals surface area contributed by atoms with Crippen LogP contribution in [0.4, 0.5) is 5.69 Å². The van der Waals surface area contributed by atoms with Gasteiger partial charge >= 0.3 is 0 Å². The predicted molar refractivity (Wildman–Crippen MR) is 76.8 cm³/mol. The second-order valence-corrected chi connectivity index (χ2v) is 5.32. The maximum atomic E-state index is 9.52. The number of β-amino-alcohol motifs (C(OH)–C–C–N with tert-alkyl or cyclic N) is 1. The number of piperazine rings is 1. The molecular formula is C13H18Cl2N2O. The lowest BCUT2D eigenvalue weighted by Crippen LogP contribution is -2.48. The van der Waals surface area contributed by atoms with E-state index in [0.717, 1.165) is 31.2 Å². The second kappa shape index (κ2) is 6.62. The highest BCUT2D eigenvalue weighted by Crippen LogP contribution is 2.19. The molecule has 0 radical (unpaired) electrons. The van der Waals surface area contributed by atoms with Crippen molar-refractivity contribution < 1.29 is 5.11 Å². The van der Waals surface area contributed by atoms with Gasteiger partial charge in [0.2, 0.25) is 0 Å². The van der Waals surface area contributed by atoms with E-state index in [1.54, 1.807) is 0 Å². The topological polar surface area (TPSA) is 26.7 Å². The van der Waals surface area contributed by atoms with Crippen molar-refractivity contribution in [3.05, 3.63) is 29.3 Å². The highest BCUT2D eigenvalue weighted by Gasteiger charge is 2.18. The minimum absolute atomic E-state index is 0.303. The van der Waals surface area contributed by atoms with Gasteiger partial charge in [0, 0.05) is 49.3 Å². The molecule has 0 bridgehead atoms. The maximum Gasteiger partial charge on any atom is 0.0802 e. The first-order valence-corrected chi connectivity index (χ1v) is 7.07. The van der Waals surface area contributed by atoms with Gasteiger partial charge in [-0.3, -0.25) is 4.90 Å². The summed E-state index contributed by atoms with van der Waals surface area (Å²) in [6.45, 7) is 4.51. The summed E-state index contributed by atoms with van der Waals surface area (Å²) in [7, 11) is 0. The second-order valence-electron chi connectivity index (χ2n) is 4.57. The van der Waals surface area contributed by atoms with E-state index in [4.69, 9.17) is 23.2 Å². The molecule has 1 aliphatic heterocycles. The van der Waals surface area contributed by atoms with Crippen LogP contribution in [0.15, 0.2) is 24.3 Å². The number of aliphatic hydroxyl groups excluding tert-OH is 1. The smallest absolute Gasteiger partial charge is 0.0802 e. The Kier molecular flexibility index (Phi) is 5.13.